The summed E-state index contributed by atoms with van der Waals surface area (Å²) in [6.45, 7) is 6.00. The Balaban J connectivity index is 0.000000249. The van der Waals surface area contributed by atoms with Gasteiger partial charge in [0.1, 0.15) is 0 Å². The maximum atomic E-state index is 10.0. The lowest BCUT2D eigenvalue weighted by atomic mass is 10.2. The SMILES string of the molecule is CC(C)CNC(=O)O.O=C1NCCN1. The molecule has 0 radical (unpaired) electrons. The summed E-state index contributed by atoms with van der Waals surface area (Å²) in [5.74, 6) is 0.395. The fraction of sp³-hybridized carbons (Fsp3) is 0.750. The van der Waals surface area contributed by atoms with Crippen molar-refractivity contribution in [3.8, 4) is 0 Å². The van der Waals surface area contributed by atoms with E-state index < -0.39 is 6.09 Å². The van der Waals surface area contributed by atoms with Crippen LogP contribution in [0.2, 0.25) is 0 Å². The van der Waals surface area contributed by atoms with Crippen molar-refractivity contribution in [3.05, 3.63) is 0 Å². The molecule has 1 aliphatic heterocycles. The van der Waals surface area contributed by atoms with E-state index in [1.54, 1.807) is 0 Å². The molecule has 0 aromatic carbocycles. The van der Waals surface area contributed by atoms with Crippen LogP contribution in [0.15, 0.2) is 0 Å². The van der Waals surface area contributed by atoms with Gasteiger partial charge in [-0.1, -0.05) is 13.8 Å². The third-order valence-electron chi connectivity index (χ3n) is 1.36. The number of hydrogen-bond donors (Lipinski definition) is 4. The first-order valence-electron chi connectivity index (χ1n) is 4.51. The van der Waals surface area contributed by atoms with Crippen LogP contribution in [0.25, 0.3) is 0 Å². The van der Waals surface area contributed by atoms with Gasteiger partial charge in [-0.3, -0.25) is 0 Å². The number of carboxylic acid groups (broad SMARTS) is 1. The van der Waals surface area contributed by atoms with E-state index in [1.165, 1.54) is 0 Å². The maximum absolute atomic E-state index is 10.0. The monoisotopic (exact) mass is 203 g/mol. The molecule has 0 spiro atoms. The number of urea groups is 1. The van der Waals surface area contributed by atoms with Gasteiger partial charge in [-0.05, 0) is 5.92 Å². The van der Waals surface area contributed by atoms with Crippen LogP contribution < -0.4 is 16.0 Å². The molecule has 1 fully saturated rings. The van der Waals surface area contributed by atoms with Crippen molar-refractivity contribution in [2.24, 2.45) is 5.92 Å². The third kappa shape index (κ3) is 8.63. The van der Waals surface area contributed by atoms with Crippen LogP contribution in [-0.2, 0) is 0 Å². The average Bonchev–Trinajstić information content (AvgIpc) is 2.53. The zero-order valence-corrected chi connectivity index (χ0v) is 8.46. The molecule has 1 rings (SSSR count). The number of hydrogen-bond acceptors (Lipinski definition) is 2. The molecule has 82 valence electrons. The second-order valence-electron chi connectivity index (χ2n) is 3.26. The lowest BCUT2D eigenvalue weighted by Gasteiger charge is -2.01. The molecule has 0 aromatic heterocycles. The van der Waals surface area contributed by atoms with E-state index in [0.29, 0.717) is 12.5 Å². The highest BCUT2D eigenvalue weighted by molar-refractivity contribution is 5.75. The first-order valence-corrected chi connectivity index (χ1v) is 4.51. The fourth-order valence-corrected chi connectivity index (χ4v) is 0.706. The van der Waals surface area contributed by atoms with Crippen molar-refractivity contribution >= 4 is 12.1 Å². The Kier molecular flexibility index (Phi) is 6.26. The van der Waals surface area contributed by atoms with Crippen LogP contribution in [0.3, 0.4) is 0 Å². The van der Waals surface area contributed by atoms with Crippen molar-refractivity contribution < 1.29 is 14.7 Å². The molecule has 0 aliphatic carbocycles. The van der Waals surface area contributed by atoms with Crippen LogP contribution in [-0.4, -0.2) is 36.9 Å². The van der Waals surface area contributed by atoms with Crippen molar-refractivity contribution in [2.45, 2.75) is 13.8 Å². The molecule has 1 saturated heterocycles. The molecule has 14 heavy (non-hydrogen) atoms. The molecule has 0 aromatic rings. The summed E-state index contributed by atoms with van der Waals surface area (Å²) in [7, 11) is 0. The van der Waals surface area contributed by atoms with Gasteiger partial charge in [0.25, 0.3) is 0 Å². The topological polar surface area (TPSA) is 90.5 Å². The van der Waals surface area contributed by atoms with Crippen molar-refractivity contribution in [2.75, 3.05) is 19.6 Å². The van der Waals surface area contributed by atoms with E-state index in [9.17, 15) is 9.59 Å². The minimum absolute atomic E-state index is 0.0463. The van der Waals surface area contributed by atoms with Gasteiger partial charge in [0, 0.05) is 19.6 Å². The Morgan fingerprint density at radius 2 is 2.00 bits per heavy atom. The van der Waals surface area contributed by atoms with Crippen LogP contribution in [0.5, 0.6) is 0 Å². The Morgan fingerprint density at radius 3 is 2.14 bits per heavy atom. The normalized spacial score (nSPS) is 13.8. The number of amides is 3. The van der Waals surface area contributed by atoms with Gasteiger partial charge in [-0.2, -0.15) is 0 Å². The predicted molar refractivity (Wildman–Crippen MR) is 52.3 cm³/mol. The first kappa shape index (κ1) is 12.5. The first-order chi connectivity index (χ1) is 6.52. The molecule has 4 N–H and O–H groups in total. The Bertz CT molecular complexity index is 186. The molecule has 0 bridgehead atoms. The summed E-state index contributed by atoms with van der Waals surface area (Å²) in [5.41, 5.74) is 0. The summed E-state index contributed by atoms with van der Waals surface area (Å²) in [5, 5.41) is 15.5. The van der Waals surface area contributed by atoms with Crippen LogP contribution in [0.4, 0.5) is 9.59 Å². The molecule has 0 atom stereocenters. The Hall–Kier alpha value is -1.46. The highest BCUT2D eigenvalue weighted by Gasteiger charge is 2.03. The van der Waals surface area contributed by atoms with Crippen molar-refractivity contribution in [1.82, 2.24) is 16.0 Å². The van der Waals surface area contributed by atoms with E-state index in [1.807, 2.05) is 13.8 Å². The molecule has 3 amide bonds. The number of nitrogens with one attached hydrogen (secondary N) is 3. The van der Waals surface area contributed by atoms with E-state index >= 15 is 0 Å². The van der Waals surface area contributed by atoms with Gasteiger partial charge < -0.3 is 21.1 Å². The number of rotatable bonds is 2. The molecule has 6 heteroatoms. The minimum atomic E-state index is -0.946. The van der Waals surface area contributed by atoms with Crippen molar-refractivity contribution in [1.29, 1.82) is 0 Å². The Labute approximate surface area is 83.1 Å². The summed E-state index contributed by atoms with van der Waals surface area (Å²) in [6.07, 6.45) is -0.946. The van der Waals surface area contributed by atoms with Crippen LogP contribution in [0.1, 0.15) is 13.8 Å². The molecule has 6 nitrogen and oxygen atoms in total. The number of carbonyl (C=O) groups is 2. The second-order valence-corrected chi connectivity index (χ2v) is 3.26. The molecular formula is C8H17N3O3. The minimum Gasteiger partial charge on any atom is -0.465 e. The summed E-state index contributed by atoms with van der Waals surface area (Å²) >= 11 is 0. The standard InChI is InChI=1S/C5H11NO2.C3H6N2O/c1-4(2)3-6-5(7)8;6-3-4-1-2-5-3/h4,6H,3H2,1-2H3,(H,7,8);1-2H2,(H2,4,5,6). The second kappa shape index (κ2) is 6.99. The highest BCUT2D eigenvalue weighted by Crippen LogP contribution is 1.85. The quantitative estimate of drug-likeness (QED) is 0.517. The maximum Gasteiger partial charge on any atom is 0.404 e. The van der Waals surface area contributed by atoms with E-state index in [4.69, 9.17) is 5.11 Å². The van der Waals surface area contributed by atoms with Gasteiger partial charge in [-0.25, -0.2) is 9.59 Å². The van der Waals surface area contributed by atoms with Gasteiger partial charge in [0.05, 0.1) is 0 Å². The van der Waals surface area contributed by atoms with Crippen LogP contribution in [0, 0.1) is 5.92 Å². The highest BCUT2D eigenvalue weighted by atomic mass is 16.4. The van der Waals surface area contributed by atoms with E-state index in [2.05, 4.69) is 16.0 Å². The van der Waals surface area contributed by atoms with Gasteiger partial charge in [-0.15, -0.1) is 0 Å². The summed E-state index contributed by atoms with van der Waals surface area (Å²) < 4.78 is 0. The predicted octanol–water partition coefficient (Wildman–Crippen LogP) is 0.209. The molecule has 1 heterocycles. The Morgan fingerprint density at radius 1 is 1.50 bits per heavy atom. The van der Waals surface area contributed by atoms with E-state index in [-0.39, 0.29) is 6.03 Å². The van der Waals surface area contributed by atoms with Gasteiger partial charge in [0.2, 0.25) is 0 Å². The largest absolute Gasteiger partial charge is 0.465 e. The van der Waals surface area contributed by atoms with Crippen molar-refractivity contribution in [3.63, 3.8) is 0 Å². The zero-order chi connectivity index (χ0) is 11.0. The van der Waals surface area contributed by atoms with Gasteiger partial charge >= 0.3 is 12.1 Å². The third-order valence-corrected chi connectivity index (χ3v) is 1.36. The lowest BCUT2D eigenvalue weighted by Crippen LogP contribution is -2.24. The molecule has 0 unspecified atom stereocenters. The number of carbonyl (C=O) groups excluding carboxylic acids is 1. The fourth-order valence-electron chi connectivity index (χ4n) is 0.706. The summed E-state index contributed by atoms with van der Waals surface area (Å²) in [6, 6.07) is -0.0463. The zero-order valence-electron chi connectivity index (χ0n) is 8.46. The van der Waals surface area contributed by atoms with Gasteiger partial charge in [0.15, 0.2) is 0 Å². The molecular weight excluding hydrogens is 186 g/mol. The lowest BCUT2D eigenvalue weighted by molar-refractivity contribution is 0.193. The molecule has 1 aliphatic rings. The smallest absolute Gasteiger partial charge is 0.404 e. The summed E-state index contributed by atoms with van der Waals surface area (Å²) in [4.78, 5) is 19.8. The average molecular weight is 203 g/mol. The van der Waals surface area contributed by atoms with E-state index in [0.717, 1.165) is 13.1 Å². The molecule has 0 saturated carbocycles. The van der Waals surface area contributed by atoms with Crippen LogP contribution >= 0.6 is 0 Å².